The van der Waals surface area contributed by atoms with E-state index in [1.165, 1.54) is 0 Å². The van der Waals surface area contributed by atoms with E-state index in [1.54, 1.807) is 39.9 Å². The second kappa shape index (κ2) is 25.5. The Kier molecular flexibility index (Phi) is 17.4. The van der Waals surface area contributed by atoms with Gasteiger partial charge in [0.15, 0.2) is 4.60 Å². The summed E-state index contributed by atoms with van der Waals surface area (Å²) < 4.78 is 29.1. The Morgan fingerprint density at radius 2 is 0.741 bits per heavy atom. The zero-order chi connectivity index (χ0) is 59.7. The first-order valence-electron chi connectivity index (χ1n) is 26.6. The maximum Gasteiger partial charge on any atom is 0.494 e. The fourth-order valence-corrected chi connectivity index (χ4v) is 9.50. The molecule has 6 aromatic heterocycles. The summed E-state index contributed by atoms with van der Waals surface area (Å²) in [4.78, 5) is 26.0. The van der Waals surface area contributed by atoms with E-state index in [2.05, 4.69) is 104 Å². The summed E-state index contributed by atoms with van der Waals surface area (Å²) in [6, 6.07) is 52.5. The average Bonchev–Trinajstić information content (AvgIpc) is 3.74. The summed E-state index contributed by atoms with van der Waals surface area (Å²) in [5, 5.41) is 26.7. The largest absolute Gasteiger partial charge is 0.496 e. The van der Waals surface area contributed by atoms with Crippen LogP contribution in [0.4, 0.5) is 17.8 Å². The number of rotatable bonds is 9. The van der Waals surface area contributed by atoms with Crippen LogP contribution < -0.4 is 36.9 Å². The molecule has 0 radical (unpaired) electrons. The fourth-order valence-electron chi connectivity index (χ4n) is 9.10. The van der Waals surface area contributed by atoms with Crippen molar-refractivity contribution in [2.75, 3.05) is 38.5 Å². The third-order valence-electron chi connectivity index (χ3n) is 14.1. The van der Waals surface area contributed by atoms with Crippen LogP contribution in [0.15, 0.2) is 187 Å². The summed E-state index contributed by atoms with van der Waals surface area (Å²) >= 11 is 3.28. The normalized spacial score (nSPS) is 12.9. The van der Waals surface area contributed by atoms with E-state index < -0.39 is 0 Å². The standard InChI is InChI=1S/2C19H15N5O.C16H20BNO3.C9H7BrN4/c2*1-25-16-9-10-21-15-8-7-13(11-14(15)16)18-17(22-19(20)24-23-18)12-5-3-2-4-6-12;1-15(2)16(3,4)21-17(20-15)11-6-7-13-12(10-11)14(19-5)8-9-18-13;10-8-7(12-9(11)14-13-8)6-4-2-1-3-5-6/h2*2-11H,1H3,(H2,20,22,24);6-10H,1-5H3;1-5H,(H2,11,12,14). The van der Waals surface area contributed by atoms with Crippen LogP contribution in [0.2, 0.25) is 0 Å². The summed E-state index contributed by atoms with van der Waals surface area (Å²) in [5.74, 6) is 2.77. The van der Waals surface area contributed by atoms with E-state index in [4.69, 9.17) is 40.7 Å². The molecule has 6 aromatic carbocycles. The molecular weight excluding hydrogens is 1140 g/mol. The van der Waals surface area contributed by atoms with E-state index >= 15 is 0 Å². The highest BCUT2D eigenvalue weighted by Gasteiger charge is 2.51. The van der Waals surface area contributed by atoms with Gasteiger partial charge in [-0.25, -0.2) is 15.0 Å². The van der Waals surface area contributed by atoms with Crippen LogP contribution in [0.3, 0.4) is 0 Å². The number of fused-ring (bicyclic) bond motifs is 3. The van der Waals surface area contributed by atoms with Crippen LogP contribution in [-0.4, -0.2) is 100 Å². The summed E-state index contributed by atoms with van der Waals surface area (Å²) in [6.45, 7) is 8.21. The minimum atomic E-state index is -0.371. The van der Waals surface area contributed by atoms with Gasteiger partial charge in [-0.05, 0) is 104 Å². The molecular formula is C63H57BBrN15O5. The number of pyridine rings is 3. The van der Waals surface area contributed by atoms with Crippen LogP contribution >= 0.6 is 15.9 Å². The minimum Gasteiger partial charge on any atom is -0.496 e. The lowest BCUT2D eigenvalue weighted by Gasteiger charge is -2.32. The van der Waals surface area contributed by atoms with Gasteiger partial charge in [0.05, 0.1) is 49.1 Å². The monoisotopic (exact) mass is 1190 g/mol. The van der Waals surface area contributed by atoms with Crippen LogP contribution in [-0.2, 0) is 9.31 Å². The first-order valence-corrected chi connectivity index (χ1v) is 27.4. The van der Waals surface area contributed by atoms with Crippen LogP contribution in [0.1, 0.15) is 27.7 Å². The maximum absolute atomic E-state index is 6.09. The molecule has 0 aliphatic carbocycles. The van der Waals surface area contributed by atoms with E-state index in [0.717, 1.165) is 83.2 Å². The number of halogens is 1. The molecule has 7 heterocycles. The van der Waals surface area contributed by atoms with Gasteiger partial charge in [0, 0.05) is 62.6 Å². The Bertz CT molecular complexity index is 4120. The van der Waals surface area contributed by atoms with Crippen LogP contribution in [0.25, 0.3) is 89.0 Å². The van der Waals surface area contributed by atoms with Gasteiger partial charge in [-0.3, -0.25) is 15.0 Å². The molecule has 0 saturated carbocycles. The molecule has 22 heteroatoms. The number of methoxy groups -OCH3 is 3. The predicted molar refractivity (Wildman–Crippen MR) is 335 cm³/mol. The molecule has 0 amide bonds. The predicted octanol–water partition coefficient (Wildman–Crippen LogP) is 11.1. The van der Waals surface area contributed by atoms with Crippen molar-refractivity contribution < 1.29 is 23.5 Å². The van der Waals surface area contributed by atoms with Crippen molar-refractivity contribution in [3.63, 3.8) is 0 Å². The molecule has 6 N–H and O–H groups in total. The van der Waals surface area contributed by atoms with E-state index in [0.29, 0.717) is 33.1 Å². The van der Waals surface area contributed by atoms with Crippen molar-refractivity contribution in [3.8, 4) is 73.5 Å². The first kappa shape index (κ1) is 58.1. The third-order valence-corrected chi connectivity index (χ3v) is 14.6. The van der Waals surface area contributed by atoms with E-state index in [-0.39, 0.29) is 36.2 Å². The van der Waals surface area contributed by atoms with Crippen molar-refractivity contribution >= 4 is 79.1 Å². The van der Waals surface area contributed by atoms with E-state index in [9.17, 15) is 0 Å². The Hall–Kier alpha value is -10.2. The number of anilines is 3. The number of hydrogen-bond donors (Lipinski definition) is 3. The first-order chi connectivity index (χ1) is 41.1. The Labute approximate surface area is 498 Å². The molecule has 1 aliphatic heterocycles. The summed E-state index contributed by atoms with van der Waals surface area (Å²) in [6.07, 6.45) is 5.19. The molecule has 20 nitrogen and oxygen atoms in total. The van der Waals surface area contributed by atoms with Gasteiger partial charge >= 0.3 is 7.12 Å². The number of nitrogens with zero attached hydrogens (tertiary/aromatic N) is 12. The average molecular weight is 1190 g/mol. The lowest BCUT2D eigenvalue weighted by Crippen LogP contribution is -2.41. The highest BCUT2D eigenvalue weighted by Crippen LogP contribution is 2.38. The number of hydrogen-bond acceptors (Lipinski definition) is 20. The quantitative estimate of drug-likeness (QED) is 0.113. The SMILES string of the molecule is COc1ccnc2ccc(-c3nnc(N)nc3-c3ccccc3)cc12.COc1ccnc2ccc(-c3nnc(N)nc3-c3ccccc3)cc12.COc1ccnc2ccc(B3OC(C)(C)C(C)(C)O3)cc12.Nc1nnc(Br)c(-c2ccccc2)n1. The lowest BCUT2D eigenvalue weighted by molar-refractivity contribution is 0.00578. The number of nitrogens with two attached hydrogens (primary N) is 3. The van der Waals surface area contributed by atoms with Crippen molar-refractivity contribution in [3.05, 3.63) is 187 Å². The van der Waals surface area contributed by atoms with Gasteiger partial charge in [0.25, 0.3) is 0 Å². The van der Waals surface area contributed by atoms with E-state index in [1.807, 2.05) is 164 Å². The van der Waals surface area contributed by atoms with Crippen molar-refractivity contribution in [2.45, 2.75) is 38.9 Å². The molecule has 424 valence electrons. The zero-order valence-electron chi connectivity index (χ0n) is 47.4. The maximum atomic E-state index is 6.09. The topological polar surface area (TPSA) is 279 Å². The highest BCUT2D eigenvalue weighted by molar-refractivity contribution is 9.10. The highest BCUT2D eigenvalue weighted by atomic mass is 79.9. The Morgan fingerprint density at radius 3 is 1.14 bits per heavy atom. The second-order valence-corrected chi connectivity index (χ2v) is 20.8. The molecule has 0 spiro atoms. The van der Waals surface area contributed by atoms with Crippen molar-refractivity contribution in [1.29, 1.82) is 0 Å². The molecule has 1 fully saturated rings. The van der Waals surface area contributed by atoms with Gasteiger partial charge in [-0.2, -0.15) is 0 Å². The van der Waals surface area contributed by atoms with Gasteiger partial charge in [0.1, 0.15) is 45.7 Å². The van der Waals surface area contributed by atoms with Crippen molar-refractivity contribution in [2.24, 2.45) is 0 Å². The zero-order valence-corrected chi connectivity index (χ0v) is 49.0. The van der Waals surface area contributed by atoms with Gasteiger partial charge in [0.2, 0.25) is 17.8 Å². The Morgan fingerprint density at radius 1 is 0.388 bits per heavy atom. The number of benzene rings is 6. The molecule has 0 atom stereocenters. The van der Waals surface area contributed by atoms with Crippen LogP contribution in [0.5, 0.6) is 17.2 Å². The van der Waals surface area contributed by atoms with Gasteiger partial charge in [-0.15, -0.1) is 30.6 Å². The van der Waals surface area contributed by atoms with Crippen molar-refractivity contribution in [1.82, 2.24) is 60.5 Å². The minimum absolute atomic E-state index is 0.141. The smallest absolute Gasteiger partial charge is 0.494 e. The van der Waals surface area contributed by atoms with Gasteiger partial charge < -0.3 is 40.7 Å². The molecule has 1 saturated heterocycles. The molecule has 85 heavy (non-hydrogen) atoms. The summed E-state index contributed by atoms with van der Waals surface area (Å²) in [5.41, 5.74) is 27.8. The number of ether oxygens (including phenoxy) is 3. The molecule has 13 rings (SSSR count). The second-order valence-electron chi connectivity index (χ2n) is 20.0. The Balaban J connectivity index is 0.000000129. The number of aromatic nitrogens is 12. The van der Waals surface area contributed by atoms with Gasteiger partial charge in [-0.1, -0.05) is 109 Å². The number of nitrogen functional groups attached to an aromatic ring is 3. The van der Waals surface area contributed by atoms with Crippen LogP contribution in [0, 0.1) is 0 Å². The molecule has 0 bridgehead atoms. The third kappa shape index (κ3) is 13.1. The molecule has 1 aliphatic rings. The fraction of sp³-hybridized carbons (Fsp3) is 0.143. The summed E-state index contributed by atoms with van der Waals surface area (Å²) in [7, 11) is 4.57. The lowest BCUT2D eigenvalue weighted by atomic mass is 9.78. The molecule has 0 unspecified atom stereocenters. The molecule has 12 aromatic rings.